The molecule has 0 aliphatic heterocycles. The molecule has 0 rings (SSSR count). The fourth-order valence-electron chi connectivity index (χ4n) is 2.22. The molecule has 0 heterocycles. The average molecular weight is 304 g/mol. The van der Waals surface area contributed by atoms with Gasteiger partial charge in [0, 0.05) is 13.1 Å². The van der Waals surface area contributed by atoms with Crippen LogP contribution in [0.15, 0.2) is 0 Å². The summed E-state index contributed by atoms with van der Waals surface area (Å²) >= 11 is 0. The Morgan fingerprint density at radius 1 is 1.25 bits per heavy atom. The molecule has 118 valence electrons. The Kier molecular flexibility index (Phi) is 5.80. The van der Waals surface area contributed by atoms with Gasteiger partial charge in [0.15, 0.2) is 0 Å². The number of aliphatic carboxylic acids is 1. The zero-order chi connectivity index (χ0) is 16.4. The second kappa shape index (κ2) is 6.13. The predicted molar refractivity (Wildman–Crippen MR) is 81.4 cm³/mol. The van der Waals surface area contributed by atoms with Crippen LogP contribution in [0.5, 0.6) is 0 Å². The number of carboxylic acids is 1. The van der Waals surface area contributed by atoms with Gasteiger partial charge in [0.1, 0.15) is 10.8 Å². The van der Waals surface area contributed by atoms with E-state index in [1.165, 1.54) is 4.90 Å². The Balaban J connectivity index is 5.76. The van der Waals surface area contributed by atoms with Gasteiger partial charge in [-0.2, -0.15) is 0 Å². The van der Waals surface area contributed by atoms with Crippen LogP contribution in [0.25, 0.3) is 0 Å². The van der Waals surface area contributed by atoms with Crippen molar-refractivity contribution < 1.29 is 19.4 Å². The van der Waals surface area contributed by atoms with Gasteiger partial charge in [0.2, 0.25) is 0 Å². The van der Waals surface area contributed by atoms with Crippen LogP contribution in [0.3, 0.4) is 0 Å². The van der Waals surface area contributed by atoms with Crippen molar-refractivity contribution in [2.75, 3.05) is 13.1 Å². The highest BCUT2D eigenvalue weighted by molar-refractivity contribution is 6.82. The van der Waals surface area contributed by atoms with Gasteiger partial charge in [0.25, 0.3) is 0 Å². The van der Waals surface area contributed by atoms with E-state index in [1.54, 1.807) is 27.7 Å². The van der Waals surface area contributed by atoms with Crippen molar-refractivity contribution in [1.82, 2.24) is 4.90 Å². The Hall–Kier alpha value is -1.08. The lowest BCUT2D eigenvalue weighted by Crippen LogP contribution is -2.73. The lowest BCUT2D eigenvalue weighted by atomic mass is 10.2. The lowest BCUT2D eigenvalue weighted by Gasteiger charge is -2.46. The first-order valence-corrected chi connectivity index (χ1v) is 10.3. The van der Waals surface area contributed by atoms with Crippen LogP contribution < -0.4 is 5.73 Å². The van der Waals surface area contributed by atoms with Gasteiger partial charge >= 0.3 is 12.1 Å². The molecule has 1 amide bonds. The molecule has 0 spiro atoms. The zero-order valence-electron chi connectivity index (χ0n) is 13.6. The molecule has 0 aromatic rings. The summed E-state index contributed by atoms with van der Waals surface area (Å²) in [6.45, 7) is 12.8. The Morgan fingerprint density at radius 2 is 1.70 bits per heavy atom. The lowest BCUT2D eigenvalue weighted by molar-refractivity contribution is -0.145. The topological polar surface area (TPSA) is 92.9 Å². The Bertz CT molecular complexity index is 374. The van der Waals surface area contributed by atoms with E-state index in [4.69, 9.17) is 10.5 Å². The number of nitrogens with two attached hydrogens (primary N) is 1. The number of likely N-dealkylation sites (N-methyl/N-ethyl adjacent to an activating group) is 1. The van der Waals surface area contributed by atoms with E-state index >= 15 is 0 Å². The molecule has 0 aromatic carbocycles. The molecule has 0 aromatic heterocycles. The third kappa shape index (κ3) is 3.73. The summed E-state index contributed by atoms with van der Waals surface area (Å²) in [5, 5.41) is 8.34. The van der Waals surface area contributed by atoms with Gasteiger partial charge in [-0.05, 0) is 27.7 Å². The van der Waals surface area contributed by atoms with Crippen molar-refractivity contribution in [2.45, 2.75) is 58.1 Å². The number of nitrogens with zero attached hydrogens (tertiary/aromatic N) is 1. The molecule has 0 saturated heterocycles. The highest BCUT2D eigenvalue weighted by atomic mass is 28.3. The third-order valence-corrected chi connectivity index (χ3v) is 6.45. The average Bonchev–Trinajstić information content (AvgIpc) is 2.20. The van der Waals surface area contributed by atoms with Crippen LogP contribution in [0, 0.1) is 0 Å². The smallest absolute Gasteiger partial charge is 0.411 e. The Morgan fingerprint density at radius 3 is 1.90 bits per heavy atom. The first-order valence-electron chi connectivity index (χ1n) is 6.77. The number of hydrogen-bond acceptors (Lipinski definition) is 4. The second-order valence-electron chi connectivity index (χ2n) is 6.84. The van der Waals surface area contributed by atoms with Crippen molar-refractivity contribution in [3.8, 4) is 0 Å². The van der Waals surface area contributed by atoms with Gasteiger partial charge in [-0.25, -0.2) is 9.59 Å². The highest BCUT2D eigenvalue weighted by Gasteiger charge is 2.55. The van der Waals surface area contributed by atoms with Crippen LogP contribution in [0.4, 0.5) is 4.79 Å². The van der Waals surface area contributed by atoms with Crippen molar-refractivity contribution >= 4 is 20.1 Å². The molecular formula is C13H28N2O4Si. The molecule has 0 saturated carbocycles. The fourth-order valence-corrected chi connectivity index (χ4v) is 4.53. The maximum Gasteiger partial charge on any atom is 0.411 e. The number of carbonyl (C=O) groups excluding carboxylic acids is 1. The van der Waals surface area contributed by atoms with E-state index in [0.29, 0.717) is 0 Å². The number of amides is 1. The summed E-state index contributed by atoms with van der Waals surface area (Å²) in [5.41, 5.74) is 5.10. The van der Waals surface area contributed by atoms with E-state index in [1.807, 2.05) is 19.6 Å². The van der Waals surface area contributed by atoms with E-state index in [9.17, 15) is 14.7 Å². The SMILES string of the molecule is CCN(C(=O)OC(C)(C)C)[C@](CN)(C(=O)O)[Si](C)(C)C. The summed E-state index contributed by atoms with van der Waals surface area (Å²) in [6.07, 6.45) is -0.629. The minimum atomic E-state index is -2.32. The van der Waals surface area contributed by atoms with Gasteiger partial charge in [-0.3, -0.25) is 4.90 Å². The van der Waals surface area contributed by atoms with Crippen molar-refractivity contribution in [3.05, 3.63) is 0 Å². The minimum Gasteiger partial charge on any atom is -0.480 e. The second-order valence-corrected chi connectivity index (χ2v) is 12.2. The zero-order valence-corrected chi connectivity index (χ0v) is 14.6. The van der Waals surface area contributed by atoms with Crippen LogP contribution in [-0.2, 0) is 9.53 Å². The largest absolute Gasteiger partial charge is 0.480 e. The molecule has 0 unspecified atom stereocenters. The first-order chi connectivity index (χ1) is 8.83. The van der Waals surface area contributed by atoms with Gasteiger partial charge in [-0.1, -0.05) is 19.6 Å². The van der Waals surface area contributed by atoms with Crippen LogP contribution >= 0.6 is 0 Å². The first kappa shape index (κ1) is 18.9. The fraction of sp³-hybridized carbons (Fsp3) is 0.846. The maximum absolute atomic E-state index is 12.4. The van der Waals surface area contributed by atoms with Crippen molar-refractivity contribution in [3.63, 3.8) is 0 Å². The standard InChI is InChI=1S/C13H28N2O4Si/c1-8-15(11(18)19-12(2,3)4)13(9-14,10(16)17)20(5,6)7/h8-9,14H2,1-7H3,(H,16,17)/t13-/m0/s1. The molecule has 3 N–H and O–H groups in total. The van der Waals surface area contributed by atoms with E-state index in [0.717, 1.165) is 0 Å². The molecule has 6 nitrogen and oxygen atoms in total. The molecule has 0 aliphatic carbocycles. The molecule has 20 heavy (non-hydrogen) atoms. The third-order valence-electron chi connectivity index (χ3n) is 3.28. The van der Waals surface area contributed by atoms with E-state index in [-0.39, 0.29) is 13.1 Å². The van der Waals surface area contributed by atoms with Crippen molar-refractivity contribution in [2.24, 2.45) is 5.73 Å². The number of carboxylic acid groups (broad SMARTS) is 1. The molecule has 0 bridgehead atoms. The van der Waals surface area contributed by atoms with Gasteiger partial charge in [-0.15, -0.1) is 0 Å². The van der Waals surface area contributed by atoms with Crippen LogP contribution in [0.2, 0.25) is 19.6 Å². The van der Waals surface area contributed by atoms with E-state index in [2.05, 4.69) is 0 Å². The summed E-state index contributed by atoms with van der Waals surface area (Å²) in [5.74, 6) is -1.06. The normalized spacial score (nSPS) is 15.4. The predicted octanol–water partition coefficient (Wildman–Crippen LogP) is 1.90. The summed E-state index contributed by atoms with van der Waals surface area (Å²) in [4.78, 5) is 25.5. The highest BCUT2D eigenvalue weighted by Crippen LogP contribution is 2.29. The number of hydrogen-bond donors (Lipinski definition) is 2. The monoisotopic (exact) mass is 304 g/mol. The molecule has 7 heteroatoms. The van der Waals surface area contributed by atoms with Gasteiger partial charge in [0.05, 0.1) is 8.07 Å². The van der Waals surface area contributed by atoms with Crippen LogP contribution in [0.1, 0.15) is 27.7 Å². The maximum atomic E-state index is 12.4. The van der Waals surface area contributed by atoms with Crippen molar-refractivity contribution in [1.29, 1.82) is 0 Å². The molecule has 0 fully saturated rings. The number of carbonyl (C=O) groups is 2. The summed E-state index contributed by atoms with van der Waals surface area (Å²) in [7, 11) is -2.32. The number of ether oxygens (including phenoxy) is 1. The van der Waals surface area contributed by atoms with E-state index < -0.39 is 30.9 Å². The molecule has 1 atom stereocenters. The summed E-state index contributed by atoms with van der Waals surface area (Å²) in [6, 6.07) is 0. The number of rotatable bonds is 5. The molecule has 0 aliphatic rings. The quantitative estimate of drug-likeness (QED) is 0.757. The van der Waals surface area contributed by atoms with Gasteiger partial charge < -0.3 is 15.6 Å². The Labute approximate surface area is 122 Å². The minimum absolute atomic E-state index is 0.120. The van der Waals surface area contributed by atoms with Crippen LogP contribution in [-0.4, -0.2) is 54.0 Å². The molecular weight excluding hydrogens is 276 g/mol. The molecule has 0 radical (unpaired) electrons. The summed E-state index contributed by atoms with van der Waals surface area (Å²) < 4.78 is 5.33.